The number of rotatable bonds is 4. The van der Waals surface area contributed by atoms with Gasteiger partial charge in [0.05, 0.1) is 37.6 Å². The van der Waals surface area contributed by atoms with Crippen LogP contribution in [0.1, 0.15) is 16.1 Å². The molecule has 0 radical (unpaired) electrons. The molecule has 3 rings (SSSR count). The first-order valence-corrected chi connectivity index (χ1v) is 7.16. The molecule has 0 saturated carbocycles. The van der Waals surface area contributed by atoms with Crippen molar-refractivity contribution in [2.75, 3.05) is 14.2 Å². The highest BCUT2D eigenvalue weighted by molar-refractivity contribution is 5.93. The minimum Gasteiger partial charge on any atom is -0.545 e. The third-order valence-corrected chi connectivity index (χ3v) is 3.66. The van der Waals surface area contributed by atoms with Gasteiger partial charge >= 0.3 is 6.18 Å². The average molecular weight is 366 g/mol. The predicted molar refractivity (Wildman–Crippen MR) is 80.9 cm³/mol. The van der Waals surface area contributed by atoms with Crippen LogP contribution in [0.4, 0.5) is 13.2 Å². The molecule has 0 aliphatic carbocycles. The molecule has 0 saturated heterocycles. The Morgan fingerprint density at radius 1 is 1.15 bits per heavy atom. The minimum atomic E-state index is -4.78. The van der Waals surface area contributed by atoms with E-state index in [1.807, 2.05) is 0 Å². The second kappa shape index (κ2) is 6.21. The van der Waals surface area contributed by atoms with Crippen molar-refractivity contribution in [2.45, 2.75) is 6.18 Å². The molecule has 2 heterocycles. The second-order valence-electron chi connectivity index (χ2n) is 5.18. The van der Waals surface area contributed by atoms with Crippen LogP contribution in [0.25, 0.3) is 16.9 Å². The maximum Gasteiger partial charge on any atom is 0.433 e. The molecule has 0 bridgehead atoms. The number of carboxylic acids is 1. The van der Waals surface area contributed by atoms with Gasteiger partial charge in [-0.25, -0.2) is 9.50 Å². The second-order valence-corrected chi connectivity index (χ2v) is 5.18. The van der Waals surface area contributed by atoms with Crippen LogP contribution in [0.5, 0.6) is 11.5 Å². The number of carbonyl (C=O) groups is 1. The Bertz CT molecular complexity index is 998. The van der Waals surface area contributed by atoms with Gasteiger partial charge in [0, 0.05) is 5.56 Å². The van der Waals surface area contributed by atoms with Gasteiger partial charge in [-0.15, -0.1) is 0 Å². The summed E-state index contributed by atoms with van der Waals surface area (Å²) >= 11 is 0. The monoisotopic (exact) mass is 366 g/mol. The first kappa shape index (κ1) is 17.5. The van der Waals surface area contributed by atoms with Gasteiger partial charge in [-0.05, 0) is 24.3 Å². The van der Waals surface area contributed by atoms with Crippen LogP contribution in [0.2, 0.25) is 0 Å². The Balaban J connectivity index is 2.30. The van der Waals surface area contributed by atoms with E-state index in [4.69, 9.17) is 9.47 Å². The van der Waals surface area contributed by atoms with E-state index in [-0.39, 0.29) is 17.0 Å². The predicted octanol–water partition coefficient (Wildman–Crippen LogP) is 1.80. The zero-order chi connectivity index (χ0) is 19.1. The lowest BCUT2D eigenvalue weighted by molar-refractivity contribution is -0.254. The third-order valence-electron chi connectivity index (χ3n) is 3.66. The fraction of sp³-hybridized carbons (Fsp3) is 0.188. The van der Waals surface area contributed by atoms with Crippen molar-refractivity contribution in [1.82, 2.24) is 14.6 Å². The Kier molecular flexibility index (Phi) is 4.18. The van der Waals surface area contributed by atoms with Crippen molar-refractivity contribution in [2.24, 2.45) is 0 Å². The number of fused-ring (bicyclic) bond motifs is 1. The van der Waals surface area contributed by atoms with Crippen LogP contribution in [0.3, 0.4) is 0 Å². The largest absolute Gasteiger partial charge is 0.545 e. The number of nitrogens with zero attached hydrogens (tertiary/aromatic N) is 3. The first-order valence-electron chi connectivity index (χ1n) is 7.16. The Labute approximate surface area is 144 Å². The Hall–Kier alpha value is -3.30. The maximum atomic E-state index is 13.4. The van der Waals surface area contributed by atoms with E-state index in [1.54, 1.807) is 0 Å². The summed E-state index contributed by atoms with van der Waals surface area (Å²) in [6.07, 6.45) is -4.01. The summed E-state index contributed by atoms with van der Waals surface area (Å²) in [7, 11) is 2.80. The van der Waals surface area contributed by atoms with Gasteiger partial charge in [-0.2, -0.15) is 18.3 Å². The smallest absolute Gasteiger partial charge is 0.433 e. The normalized spacial score (nSPS) is 11.6. The van der Waals surface area contributed by atoms with Crippen molar-refractivity contribution in [3.8, 4) is 22.8 Å². The number of benzene rings is 1. The fourth-order valence-electron chi connectivity index (χ4n) is 2.45. The molecule has 26 heavy (non-hydrogen) atoms. The summed E-state index contributed by atoms with van der Waals surface area (Å²) in [6.45, 7) is 0. The standard InChI is InChI=1S/C16H12F3N3O4/c1-25-11-4-3-8(5-12(11)26-2)10-6-13(16(17,18)19)22-14(21-10)9(7-20-22)15(23)24/h3-7H,1-2H3,(H,23,24)/p-1. The van der Waals surface area contributed by atoms with E-state index in [2.05, 4.69) is 10.1 Å². The molecule has 0 amide bonds. The van der Waals surface area contributed by atoms with Crippen LogP contribution in [0.15, 0.2) is 30.5 Å². The lowest BCUT2D eigenvalue weighted by atomic mass is 10.1. The lowest BCUT2D eigenvalue weighted by Crippen LogP contribution is -2.22. The van der Waals surface area contributed by atoms with E-state index in [0.29, 0.717) is 10.3 Å². The van der Waals surface area contributed by atoms with Gasteiger partial charge in [-0.3, -0.25) is 0 Å². The molecule has 1 aromatic carbocycles. The SMILES string of the molecule is COc1ccc(-c2cc(C(F)(F)F)n3ncc(C(=O)[O-])c3n2)cc1OC. The van der Waals surface area contributed by atoms with E-state index in [1.165, 1.54) is 32.4 Å². The topological polar surface area (TPSA) is 88.8 Å². The zero-order valence-electron chi connectivity index (χ0n) is 13.5. The summed E-state index contributed by atoms with van der Waals surface area (Å²) in [5.74, 6) is -1.01. The number of hydrogen-bond acceptors (Lipinski definition) is 6. The summed E-state index contributed by atoms with van der Waals surface area (Å²) in [6, 6.07) is 5.20. The summed E-state index contributed by atoms with van der Waals surface area (Å²) < 4.78 is 50.8. The molecule has 0 N–H and O–H groups in total. The molecular formula is C16H11F3N3O4-. The average Bonchev–Trinajstić information content (AvgIpc) is 3.03. The molecule has 0 atom stereocenters. The number of carbonyl (C=O) groups excluding carboxylic acids is 1. The summed E-state index contributed by atoms with van der Waals surface area (Å²) in [5, 5.41) is 14.6. The quantitative estimate of drug-likeness (QED) is 0.700. The molecule has 0 fully saturated rings. The van der Waals surface area contributed by atoms with Crippen molar-refractivity contribution in [3.63, 3.8) is 0 Å². The zero-order valence-corrected chi connectivity index (χ0v) is 13.5. The minimum absolute atomic E-state index is 0.103. The van der Waals surface area contributed by atoms with Crippen LogP contribution in [-0.2, 0) is 6.18 Å². The fourth-order valence-corrected chi connectivity index (χ4v) is 2.45. The Morgan fingerprint density at radius 2 is 1.85 bits per heavy atom. The van der Waals surface area contributed by atoms with Crippen molar-refractivity contribution >= 4 is 11.6 Å². The number of halogens is 3. The summed E-state index contributed by atoms with van der Waals surface area (Å²) in [5.41, 5.74) is -2.00. The highest BCUT2D eigenvalue weighted by Gasteiger charge is 2.35. The van der Waals surface area contributed by atoms with Gasteiger partial charge < -0.3 is 19.4 Å². The van der Waals surface area contributed by atoms with Crippen LogP contribution >= 0.6 is 0 Å². The molecule has 0 unspecified atom stereocenters. The van der Waals surface area contributed by atoms with Crippen molar-refractivity contribution < 1.29 is 32.5 Å². The van der Waals surface area contributed by atoms with Crippen molar-refractivity contribution in [3.05, 3.63) is 41.7 Å². The molecular weight excluding hydrogens is 355 g/mol. The summed E-state index contributed by atoms with van der Waals surface area (Å²) in [4.78, 5) is 15.2. The molecule has 2 aromatic heterocycles. The van der Waals surface area contributed by atoms with Gasteiger partial charge in [0.2, 0.25) is 0 Å². The third kappa shape index (κ3) is 2.89. The van der Waals surface area contributed by atoms with Gasteiger partial charge in [0.1, 0.15) is 0 Å². The van der Waals surface area contributed by atoms with Crippen molar-refractivity contribution in [1.29, 1.82) is 0 Å². The van der Waals surface area contributed by atoms with Gasteiger partial charge in [-0.1, -0.05) is 0 Å². The number of methoxy groups -OCH3 is 2. The number of carboxylic acid groups (broad SMARTS) is 1. The highest BCUT2D eigenvalue weighted by atomic mass is 19.4. The van der Waals surface area contributed by atoms with E-state index >= 15 is 0 Å². The number of alkyl halides is 3. The molecule has 136 valence electrons. The molecule has 3 aromatic rings. The number of ether oxygens (including phenoxy) is 2. The van der Waals surface area contributed by atoms with Crippen LogP contribution < -0.4 is 14.6 Å². The van der Waals surface area contributed by atoms with Crippen LogP contribution in [-0.4, -0.2) is 34.8 Å². The van der Waals surface area contributed by atoms with E-state index in [0.717, 1.165) is 12.3 Å². The maximum absolute atomic E-state index is 13.4. The van der Waals surface area contributed by atoms with Gasteiger partial charge in [0.25, 0.3) is 0 Å². The molecule has 7 nitrogen and oxygen atoms in total. The number of aromatic nitrogens is 3. The van der Waals surface area contributed by atoms with Gasteiger partial charge in [0.15, 0.2) is 22.8 Å². The number of hydrogen-bond donors (Lipinski definition) is 0. The first-order chi connectivity index (χ1) is 12.3. The highest BCUT2D eigenvalue weighted by Crippen LogP contribution is 2.35. The molecule has 0 aliphatic heterocycles. The Morgan fingerprint density at radius 3 is 2.42 bits per heavy atom. The molecule has 0 aliphatic rings. The van der Waals surface area contributed by atoms with E-state index in [9.17, 15) is 23.1 Å². The molecule has 10 heteroatoms. The molecule has 0 spiro atoms. The number of aromatic carboxylic acids is 1. The lowest BCUT2D eigenvalue weighted by Gasteiger charge is -2.13. The van der Waals surface area contributed by atoms with E-state index < -0.39 is 29.1 Å². The van der Waals surface area contributed by atoms with Crippen LogP contribution in [0, 0.1) is 0 Å².